The van der Waals surface area contributed by atoms with Gasteiger partial charge in [0.25, 0.3) is 0 Å². The highest BCUT2D eigenvalue weighted by molar-refractivity contribution is 7.99. The van der Waals surface area contributed by atoms with Crippen molar-refractivity contribution >= 4 is 55.1 Å². The molecular weight excluding hydrogens is 575 g/mol. The summed E-state index contributed by atoms with van der Waals surface area (Å²) in [5.41, 5.74) is 11.2. The van der Waals surface area contributed by atoms with Crippen molar-refractivity contribution < 1.29 is 0 Å². The highest BCUT2D eigenvalue weighted by atomic mass is 32.2. The maximum Gasteiger partial charge on any atom is 0.0547 e. The van der Waals surface area contributed by atoms with E-state index in [9.17, 15) is 0 Å². The standard InChI is InChI=1S/C44H27NS/c1-2-15-33-28(11-1)23-25-40-43(33)37-17-4-7-21-39(37)45(40)38-20-6-3-14-32(38)30-13-9-12-29(27-30)31-24-26-42-44-35(31)18-10-19-36(44)34-16-5-8-22-41(34)46-42/h1-27H. The molecule has 0 saturated carbocycles. The molecule has 1 nitrogen and oxygen atoms in total. The van der Waals surface area contributed by atoms with E-state index in [1.54, 1.807) is 0 Å². The van der Waals surface area contributed by atoms with Crippen molar-refractivity contribution in [2.45, 2.75) is 9.79 Å². The van der Waals surface area contributed by atoms with Gasteiger partial charge in [0.2, 0.25) is 0 Å². The first kappa shape index (κ1) is 25.7. The molecule has 9 aromatic rings. The lowest BCUT2D eigenvalue weighted by molar-refractivity contribution is 1.18. The third-order valence-electron chi connectivity index (χ3n) is 9.59. The number of nitrogens with zero attached hydrogens (tertiary/aromatic N) is 1. The van der Waals surface area contributed by atoms with E-state index in [1.807, 2.05) is 11.8 Å². The van der Waals surface area contributed by atoms with Crippen LogP contribution in [0.15, 0.2) is 174 Å². The second-order valence-corrected chi connectivity index (χ2v) is 13.2. The van der Waals surface area contributed by atoms with E-state index in [2.05, 4.69) is 168 Å². The predicted molar refractivity (Wildman–Crippen MR) is 196 cm³/mol. The minimum atomic E-state index is 1.19. The summed E-state index contributed by atoms with van der Waals surface area (Å²) in [6.07, 6.45) is 0. The van der Waals surface area contributed by atoms with Crippen LogP contribution in [-0.2, 0) is 0 Å². The van der Waals surface area contributed by atoms with Gasteiger partial charge < -0.3 is 4.57 Å². The van der Waals surface area contributed by atoms with Crippen LogP contribution in [0.2, 0.25) is 0 Å². The molecule has 0 unspecified atom stereocenters. The summed E-state index contributed by atoms with van der Waals surface area (Å²) in [6.45, 7) is 0. The van der Waals surface area contributed by atoms with Crippen LogP contribution in [0.25, 0.3) is 82.4 Å². The molecule has 2 heteroatoms. The molecule has 0 spiro atoms. The largest absolute Gasteiger partial charge is 0.309 e. The van der Waals surface area contributed by atoms with Crippen molar-refractivity contribution in [1.29, 1.82) is 0 Å². The summed E-state index contributed by atoms with van der Waals surface area (Å²) in [5.74, 6) is 0. The normalized spacial score (nSPS) is 12.3. The molecule has 0 atom stereocenters. The molecule has 1 aliphatic rings. The highest BCUT2D eigenvalue weighted by Gasteiger charge is 2.21. The van der Waals surface area contributed by atoms with E-state index in [0.717, 1.165) is 0 Å². The Morgan fingerprint density at radius 1 is 0.370 bits per heavy atom. The third-order valence-corrected chi connectivity index (χ3v) is 10.7. The van der Waals surface area contributed by atoms with Gasteiger partial charge in [0.15, 0.2) is 0 Å². The second kappa shape index (κ2) is 9.97. The van der Waals surface area contributed by atoms with Crippen molar-refractivity contribution in [2.75, 3.05) is 0 Å². The van der Waals surface area contributed by atoms with Crippen LogP contribution in [0.4, 0.5) is 0 Å². The molecule has 10 rings (SSSR count). The van der Waals surface area contributed by atoms with Crippen LogP contribution in [-0.4, -0.2) is 4.57 Å². The van der Waals surface area contributed by atoms with Gasteiger partial charge in [0.05, 0.1) is 16.7 Å². The lowest BCUT2D eigenvalue weighted by Gasteiger charge is -2.22. The molecule has 46 heavy (non-hydrogen) atoms. The molecule has 0 radical (unpaired) electrons. The first-order valence-electron chi connectivity index (χ1n) is 15.8. The topological polar surface area (TPSA) is 4.93 Å². The van der Waals surface area contributed by atoms with Gasteiger partial charge in [-0.15, -0.1) is 0 Å². The van der Waals surface area contributed by atoms with Gasteiger partial charge in [-0.05, 0) is 80.4 Å². The maximum atomic E-state index is 2.45. The fourth-order valence-electron chi connectivity index (χ4n) is 7.60. The molecule has 0 aliphatic carbocycles. The van der Waals surface area contributed by atoms with Crippen molar-refractivity contribution in [3.05, 3.63) is 164 Å². The lowest BCUT2D eigenvalue weighted by Crippen LogP contribution is -1.97. The summed E-state index contributed by atoms with van der Waals surface area (Å²) < 4.78 is 2.45. The number of hydrogen-bond acceptors (Lipinski definition) is 1. The summed E-state index contributed by atoms with van der Waals surface area (Å²) in [6, 6.07) is 60.2. The van der Waals surface area contributed by atoms with E-state index in [-0.39, 0.29) is 0 Å². The molecule has 0 N–H and O–H groups in total. The first-order valence-corrected chi connectivity index (χ1v) is 16.6. The minimum Gasteiger partial charge on any atom is -0.309 e. The molecule has 0 fully saturated rings. The van der Waals surface area contributed by atoms with E-state index in [4.69, 9.17) is 0 Å². The third kappa shape index (κ3) is 3.71. The molecule has 214 valence electrons. The number of hydrogen-bond donors (Lipinski definition) is 0. The second-order valence-electron chi connectivity index (χ2n) is 12.1. The Morgan fingerprint density at radius 3 is 2.00 bits per heavy atom. The zero-order valence-electron chi connectivity index (χ0n) is 24.9. The molecule has 1 aliphatic heterocycles. The molecule has 8 aromatic carbocycles. The summed E-state index contributed by atoms with van der Waals surface area (Å²) >= 11 is 1.88. The zero-order valence-corrected chi connectivity index (χ0v) is 25.8. The summed E-state index contributed by atoms with van der Waals surface area (Å²) in [4.78, 5) is 2.65. The highest BCUT2D eigenvalue weighted by Crippen LogP contribution is 2.50. The number of fused-ring (bicyclic) bond motifs is 7. The van der Waals surface area contributed by atoms with Gasteiger partial charge in [-0.25, -0.2) is 0 Å². The monoisotopic (exact) mass is 601 g/mol. The predicted octanol–water partition coefficient (Wildman–Crippen LogP) is 12.6. The van der Waals surface area contributed by atoms with Crippen LogP contribution >= 0.6 is 11.8 Å². The van der Waals surface area contributed by atoms with Crippen molar-refractivity contribution in [2.24, 2.45) is 0 Å². The Labute approximate surface area is 271 Å². The van der Waals surface area contributed by atoms with Crippen molar-refractivity contribution in [1.82, 2.24) is 4.57 Å². The fraction of sp³-hybridized carbons (Fsp3) is 0. The van der Waals surface area contributed by atoms with Gasteiger partial charge >= 0.3 is 0 Å². The average molecular weight is 602 g/mol. The molecule has 0 amide bonds. The number of rotatable bonds is 3. The molecule has 0 saturated heterocycles. The van der Waals surface area contributed by atoms with Crippen LogP contribution < -0.4 is 0 Å². The molecule has 0 bridgehead atoms. The van der Waals surface area contributed by atoms with Crippen LogP contribution in [0.5, 0.6) is 0 Å². The molecule has 1 aromatic heterocycles. The van der Waals surface area contributed by atoms with Gasteiger partial charge in [-0.2, -0.15) is 0 Å². The van der Waals surface area contributed by atoms with E-state index in [0.29, 0.717) is 0 Å². The minimum absolute atomic E-state index is 1.19. The zero-order chi connectivity index (χ0) is 30.2. The van der Waals surface area contributed by atoms with E-state index in [1.165, 1.54) is 92.2 Å². The summed E-state index contributed by atoms with van der Waals surface area (Å²) in [5, 5.41) is 7.80. The van der Waals surface area contributed by atoms with E-state index >= 15 is 0 Å². The number of para-hydroxylation sites is 2. The Bertz CT molecular complexity index is 2680. The van der Waals surface area contributed by atoms with Crippen molar-refractivity contribution in [3.63, 3.8) is 0 Å². The Kier molecular flexibility index (Phi) is 5.58. The summed E-state index contributed by atoms with van der Waals surface area (Å²) in [7, 11) is 0. The van der Waals surface area contributed by atoms with Crippen LogP contribution in [0.3, 0.4) is 0 Å². The first-order chi connectivity index (χ1) is 22.8. The average Bonchev–Trinajstić information content (AvgIpc) is 3.47. The van der Waals surface area contributed by atoms with Crippen molar-refractivity contribution in [3.8, 4) is 39.1 Å². The SMILES string of the molecule is c1cc(-c2ccccc2-n2c3ccccc3c3c4ccccc4ccc32)cc(-c2ccc3c4c(cccc24)-c2ccccc2S3)c1. The Balaban J connectivity index is 1.18. The van der Waals surface area contributed by atoms with Crippen LogP contribution in [0.1, 0.15) is 0 Å². The number of benzene rings is 8. The van der Waals surface area contributed by atoms with Gasteiger partial charge in [-0.3, -0.25) is 0 Å². The Morgan fingerprint density at radius 2 is 1.07 bits per heavy atom. The smallest absolute Gasteiger partial charge is 0.0547 e. The maximum absolute atomic E-state index is 2.45. The quantitative estimate of drug-likeness (QED) is 0.195. The molecule has 2 heterocycles. The lowest BCUT2D eigenvalue weighted by atomic mass is 9.91. The van der Waals surface area contributed by atoms with Crippen LogP contribution in [0, 0.1) is 0 Å². The van der Waals surface area contributed by atoms with Gasteiger partial charge in [0, 0.05) is 31.5 Å². The van der Waals surface area contributed by atoms with Gasteiger partial charge in [0.1, 0.15) is 0 Å². The van der Waals surface area contributed by atoms with Gasteiger partial charge in [-0.1, -0.05) is 139 Å². The Hall–Kier alpha value is -5.57. The molecular formula is C44H27NS. The fourth-order valence-corrected chi connectivity index (χ4v) is 8.73. The van der Waals surface area contributed by atoms with E-state index < -0.39 is 0 Å². The number of aromatic nitrogens is 1.